The molecule has 0 aromatic rings. The lowest BCUT2D eigenvalue weighted by Gasteiger charge is -2.37. The lowest BCUT2D eigenvalue weighted by molar-refractivity contribution is 0.139. The molecule has 1 saturated heterocycles. The van der Waals surface area contributed by atoms with Crippen molar-refractivity contribution >= 4 is 0 Å². The summed E-state index contributed by atoms with van der Waals surface area (Å²) in [6.45, 7) is 5.02. The van der Waals surface area contributed by atoms with Crippen LogP contribution in [0.5, 0.6) is 0 Å². The van der Waals surface area contributed by atoms with Gasteiger partial charge in [-0.3, -0.25) is 0 Å². The molecule has 0 aromatic carbocycles. The van der Waals surface area contributed by atoms with E-state index in [0.717, 1.165) is 12.5 Å². The number of piperidine rings is 1. The molecule has 100 valence electrons. The van der Waals surface area contributed by atoms with Gasteiger partial charge in [0.1, 0.15) is 0 Å². The number of aliphatic hydroxyl groups is 1. The fourth-order valence-corrected chi connectivity index (χ4v) is 3.38. The first-order chi connectivity index (χ1) is 8.29. The van der Waals surface area contributed by atoms with E-state index in [4.69, 9.17) is 5.11 Å². The lowest BCUT2D eigenvalue weighted by atomic mass is 10.0. The number of hydrogen-bond acceptors (Lipinski definition) is 3. The Hall–Kier alpha value is -0.120. The van der Waals surface area contributed by atoms with Gasteiger partial charge in [-0.1, -0.05) is 12.8 Å². The van der Waals surface area contributed by atoms with Crippen LogP contribution in [-0.4, -0.2) is 47.8 Å². The minimum absolute atomic E-state index is 0.301. The molecule has 3 heteroatoms. The van der Waals surface area contributed by atoms with Crippen molar-refractivity contribution in [3.63, 3.8) is 0 Å². The molecular formula is C14H28N2O. The summed E-state index contributed by atoms with van der Waals surface area (Å²) in [5.74, 6) is 0. The predicted molar refractivity (Wildman–Crippen MR) is 71.2 cm³/mol. The monoisotopic (exact) mass is 240 g/mol. The number of hydrogen-bond donors (Lipinski definition) is 2. The van der Waals surface area contributed by atoms with Crippen LogP contribution in [0.4, 0.5) is 0 Å². The first-order valence-corrected chi connectivity index (χ1v) is 7.40. The number of nitrogens with zero attached hydrogens (tertiary/aromatic N) is 1. The van der Waals surface area contributed by atoms with Gasteiger partial charge in [0.05, 0.1) is 0 Å². The first-order valence-electron chi connectivity index (χ1n) is 7.40. The second-order valence-corrected chi connectivity index (χ2v) is 5.83. The maximum Gasteiger partial charge on any atom is 0.0445 e. The average molecular weight is 240 g/mol. The smallest absolute Gasteiger partial charge is 0.0445 e. The Bertz CT molecular complexity index is 208. The topological polar surface area (TPSA) is 35.5 Å². The van der Waals surface area contributed by atoms with Crippen molar-refractivity contribution in [2.75, 3.05) is 19.7 Å². The normalized spacial score (nSPS) is 26.5. The largest absolute Gasteiger partial charge is 0.396 e. The molecule has 2 aliphatic rings. The van der Waals surface area contributed by atoms with E-state index in [1.165, 1.54) is 51.6 Å². The maximum absolute atomic E-state index is 8.90. The van der Waals surface area contributed by atoms with Crippen LogP contribution in [-0.2, 0) is 0 Å². The summed E-state index contributed by atoms with van der Waals surface area (Å²) >= 11 is 0. The van der Waals surface area contributed by atoms with Crippen LogP contribution < -0.4 is 5.32 Å². The van der Waals surface area contributed by atoms with Crippen LogP contribution in [0, 0.1) is 0 Å². The summed E-state index contributed by atoms with van der Waals surface area (Å²) in [6.07, 6.45) is 9.19. The lowest BCUT2D eigenvalue weighted by Crippen LogP contribution is -2.48. The zero-order valence-electron chi connectivity index (χ0n) is 11.2. The Labute approximate surface area is 106 Å². The van der Waals surface area contributed by atoms with E-state index >= 15 is 0 Å². The standard InChI is InChI=1S/C14H28N2O/c1-12(8-11-17)15-13-6-9-16(10-7-13)14-4-2-3-5-14/h12-15,17H,2-11H2,1H3. The van der Waals surface area contributed by atoms with Gasteiger partial charge < -0.3 is 15.3 Å². The van der Waals surface area contributed by atoms with E-state index in [2.05, 4.69) is 17.1 Å². The van der Waals surface area contributed by atoms with Crippen molar-refractivity contribution in [1.29, 1.82) is 0 Å². The zero-order chi connectivity index (χ0) is 12.1. The van der Waals surface area contributed by atoms with E-state index in [-0.39, 0.29) is 0 Å². The summed E-state index contributed by atoms with van der Waals surface area (Å²) in [7, 11) is 0. The third kappa shape index (κ3) is 3.94. The highest BCUT2D eigenvalue weighted by Crippen LogP contribution is 2.26. The highest BCUT2D eigenvalue weighted by molar-refractivity contribution is 4.84. The minimum atomic E-state index is 0.301. The number of likely N-dealkylation sites (tertiary alicyclic amines) is 1. The van der Waals surface area contributed by atoms with Crippen molar-refractivity contribution in [3.05, 3.63) is 0 Å². The summed E-state index contributed by atoms with van der Waals surface area (Å²) in [4.78, 5) is 2.71. The molecule has 2 fully saturated rings. The highest BCUT2D eigenvalue weighted by atomic mass is 16.3. The van der Waals surface area contributed by atoms with Crippen molar-refractivity contribution in [2.45, 2.75) is 70.0 Å². The number of aliphatic hydroxyl groups excluding tert-OH is 1. The Morgan fingerprint density at radius 3 is 2.41 bits per heavy atom. The van der Waals surface area contributed by atoms with Gasteiger partial charge >= 0.3 is 0 Å². The Morgan fingerprint density at radius 1 is 1.18 bits per heavy atom. The van der Waals surface area contributed by atoms with Gasteiger partial charge in [-0.2, -0.15) is 0 Å². The molecular weight excluding hydrogens is 212 g/mol. The molecule has 3 nitrogen and oxygen atoms in total. The second kappa shape index (κ2) is 6.72. The molecule has 2 N–H and O–H groups in total. The molecule has 1 saturated carbocycles. The van der Waals surface area contributed by atoms with Gasteiger partial charge in [0.2, 0.25) is 0 Å². The van der Waals surface area contributed by atoms with Gasteiger partial charge in [-0.25, -0.2) is 0 Å². The van der Waals surface area contributed by atoms with Crippen molar-refractivity contribution < 1.29 is 5.11 Å². The van der Waals surface area contributed by atoms with E-state index in [1.54, 1.807) is 0 Å². The van der Waals surface area contributed by atoms with Gasteiger partial charge in [0, 0.05) is 24.7 Å². The fraction of sp³-hybridized carbons (Fsp3) is 1.00. The van der Waals surface area contributed by atoms with Crippen molar-refractivity contribution in [2.24, 2.45) is 0 Å². The second-order valence-electron chi connectivity index (χ2n) is 5.83. The van der Waals surface area contributed by atoms with Gasteiger partial charge in [0.25, 0.3) is 0 Å². The van der Waals surface area contributed by atoms with E-state index < -0.39 is 0 Å². The molecule has 0 aromatic heterocycles. The van der Waals surface area contributed by atoms with Crippen LogP contribution >= 0.6 is 0 Å². The number of rotatable bonds is 5. The average Bonchev–Trinajstić information content (AvgIpc) is 2.84. The zero-order valence-corrected chi connectivity index (χ0v) is 11.2. The molecule has 1 aliphatic carbocycles. The van der Waals surface area contributed by atoms with Crippen LogP contribution in [0.15, 0.2) is 0 Å². The van der Waals surface area contributed by atoms with Gasteiger partial charge in [-0.15, -0.1) is 0 Å². The molecule has 1 aliphatic heterocycles. The van der Waals surface area contributed by atoms with Crippen LogP contribution in [0.2, 0.25) is 0 Å². The summed E-state index contributed by atoms with van der Waals surface area (Å²) < 4.78 is 0. The molecule has 1 atom stereocenters. The molecule has 1 heterocycles. The molecule has 17 heavy (non-hydrogen) atoms. The van der Waals surface area contributed by atoms with Crippen LogP contribution in [0.25, 0.3) is 0 Å². The molecule has 1 unspecified atom stereocenters. The minimum Gasteiger partial charge on any atom is -0.396 e. The Balaban J connectivity index is 1.66. The molecule has 0 radical (unpaired) electrons. The Morgan fingerprint density at radius 2 is 1.82 bits per heavy atom. The van der Waals surface area contributed by atoms with Crippen molar-refractivity contribution in [1.82, 2.24) is 10.2 Å². The van der Waals surface area contributed by atoms with Gasteiger partial charge in [-0.05, 0) is 52.1 Å². The predicted octanol–water partition coefficient (Wildman–Crippen LogP) is 1.75. The number of nitrogens with one attached hydrogen (secondary N) is 1. The SMILES string of the molecule is CC(CCO)NC1CCN(C2CCCC2)CC1. The maximum atomic E-state index is 8.90. The Kier molecular flexibility index (Phi) is 5.26. The van der Waals surface area contributed by atoms with E-state index in [0.29, 0.717) is 18.7 Å². The fourth-order valence-electron chi connectivity index (χ4n) is 3.38. The van der Waals surface area contributed by atoms with Crippen LogP contribution in [0.1, 0.15) is 51.9 Å². The highest BCUT2D eigenvalue weighted by Gasteiger charge is 2.27. The molecule has 0 bridgehead atoms. The van der Waals surface area contributed by atoms with E-state index in [1.807, 2.05) is 0 Å². The summed E-state index contributed by atoms with van der Waals surface area (Å²) in [5.41, 5.74) is 0. The summed E-state index contributed by atoms with van der Waals surface area (Å²) in [5, 5.41) is 12.5. The van der Waals surface area contributed by atoms with Crippen LogP contribution in [0.3, 0.4) is 0 Å². The summed E-state index contributed by atoms with van der Waals surface area (Å²) in [6, 6.07) is 2.03. The van der Waals surface area contributed by atoms with E-state index in [9.17, 15) is 0 Å². The van der Waals surface area contributed by atoms with Gasteiger partial charge in [0.15, 0.2) is 0 Å². The first kappa shape index (κ1) is 13.3. The molecule has 0 amide bonds. The third-order valence-corrected chi connectivity index (χ3v) is 4.45. The molecule has 0 spiro atoms. The quantitative estimate of drug-likeness (QED) is 0.768. The molecule has 2 rings (SSSR count). The van der Waals surface area contributed by atoms with Crippen molar-refractivity contribution in [3.8, 4) is 0 Å². The third-order valence-electron chi connectivity index (χ3n) is 4.45.